The van der Waals surface area contributed by atoms with E-state index in [4.69, 9.17) is 21.1 Å². The smallest absolute Gasteiger partial charge is 0.266 e. The number of para-hydroxylation sites is 1. The molecule has 0 aliphatic rings. The lowest BCUT2D eigenvalue weighted by atomic mass is 10.3. The second-order valence-corrected chi connectivity index (χ2v) is 8.39. The summed E-state index contributed by atoms with van der Waals surface area (Å²) in [4.78, 5) is 21.4. The number of nitrogens with zero attached hydrogens (tertiary/aromatic N) is 3. The van der Waals surface area contributed by atoms with Crippen molar-refractivity contribution in [3.8, 4) is 11.5 Å². The summed E-state index contributed by atoms with van der Waals surface area (Å²) < 4.78 is 12.1. The number of aromatic nitrogens is 1. The Bertz CT molecular complexity index is 980. The summed E-state index contributed by atoms with van der Waals surface area (Å²) in [6.07, 6.45) is 0.825. The molecule has 6 nitrogen and oxygen atoms in total. The molecule has 1 heterocycles. The second kappa shape index (κ2) is 12.1. The Morgan fingerprint density at radius 1 is 1.06 bits per heavy atom. The maximum absolute atomic E-state index is 13.0. The first-order chi connectivity index (χ1) is 14.5. The summed E-state index contributed by atoms with van der Waals surface area (Å²) in [5.41, 5.74) is 0.719. The Kier molecular flexibility index (Phi) is 9.84. The molecule has 0 radical (unpaired) electrons. The maximum Gasteiger partial charge on any atom is 0.266 e. The van der Waals surface area contributed by atoms with E-state index in [1.54, 1.807) is 23.1 Å². The molecule has 31 heavy (non-hydrogen) atoms. The van der Waals surface area contributed by atoms with Crippen LogP contribution in [0.4, 0.5) is 5.13 Å². The monoisotopic (exact) mass is 483 g/mol. The average Bonchev–Trinajstić information content (AvgIpc) is 3.16. The third-order valence-electron chi connectivity index (χ3n) is 4.37. The van der Waals surface area contributed by atoms with Crippen LogP contribution in [0, 0.1) is 0 Å². The van der Waals surface area contributed by atoms with Crippen LogP contribution in [-0.4, -0.2) is 56.2 Å². The normalized spacial score (nSPS) is 10.7. The number of hydrogen-bond acceptors (Lipinski definition) is 6. The first-order valence-electron chi connectivity index (χ1n) is 9.83. The lowest BCUT2D eigenvalue weighted by Gasteiger charge is -2.21. The minimum absolute atomic E-state index is 0. The van der Waals surface area contributed by atoms with Gasteiger partial charge in [0.1, 0.15) is 17.0 Å². The minimum Gasteiger partial charge on any atom is -0.494 e. The van der Waals surface area contributed by atoms with Crippen LogP contribution in [0.2, 0.25) is 5.02 Å². The van der Waals surface area contributed by atoms with Gasteiger partial charge in [-0.15, -0.1) is 12.4 Å². The van der Waals surface area contributed by atoms with Gasteiger partial charge in [-0.2, -0.15) is 0 Å². The number of ether oxygens (including phenoxy) is 2. The second-order valence-electron chi connectivity index (χ2n) is 6.98. The molecule has 3 aromatic rings. The first kappa shape index (κ1) is 25.2. The molecule has 0 fully saturated rings. The van der Waals surface area contributed by atoms with Crippen molar-refractivity contribution in [3.05, 3.63) is 47.5 Å². The summed E-state index contributed by atoms with van der Waals surface area (Å²) >= 11 is 7.74. The summed E-state index contributed by atoms with van der Waals surface area (Å²) in [7, 11) is 4.03. The Labute approximate surface area is 198 Å². The molecule has 0 aliphatic carbocycles. The molecule has 3 rings (SSSR count). The lowest BCUT2D eigenvalue weighted by Crippen LogP contribution is -2.36. The van der Waals surface area contributed by atoms with Gasteiger partial charge in [0, 0.05) is 6.54 Å². The number of rotatable bonds is 10. The number of fused-ring (bicyclic) bond motifs is 1. The summed E-state index contributed by atoms with van der Waals surface area (Å²) in [6.45, 7) is 3.89. The fraction of sp³-hybridized carbons (Fsp3) is 0.364. The fourth-order valence-corrected chi connectivity index (χ4v) is 4.22. The fourth-order valence-electron chi connectivity index (χ4n) is 2.91. The lowest BCUT2D eigenvalue weighted by molar-refractivity contribution is -0.120. The quantitative estimate of drug-likeness (QED) is 0.399. The van der Waals surface area contributed by atoms with E-state index in [0.29, 0.717) is 29.1 Å². The molecule has 0 spiro atoms. The van der Waals surface area contributed by atoms with Crippen LogP contribution in [0.5, 0.6) is 11.5 Å². The molecule has 9 heteroatoms. The van der Waals surface area contributed by atoms with Gasteiger partial charge >= 0.3 is 0 Å². The molecule has 1 amide bonds. The molecule has 0 aliphatic heterocycles. The average molecular weight is 484 g/mol. The third kappa shape index (κ3) is 6.97. The molecule has 2 aromatic carbocycles. The number of benzene rings is 2. The van der Waals surface area contributed by atoms with Crippen molar-refractivity contribution in [2.45, 2.75) is 13.3 Å². The van der Waals surface area contributed by atoms with Crippen molar-refractivity contribution in [1.29, 1.82) is 0 Å². The van der Waals surface area contributed by atoms with E-state index in [0.717, 1.165) is 28.9 Å². The van der Waals surface area contributed by atoms with Crippen molar-refractivity contribution in [1.82, 2.24) is 9.88 Å². The SMILES string of the molecule is CCOc1ccc(OCC(=O)N(CCCN(C)C)c2nc3c(Cl)cccc3s2)cc1.Cl. The molecular formula is C22H27Cl2N3O3S. The van der Waals surface area contributed by atoms with Crippen LogP contribution < -0.4 is 14.4 Å². The van der Waals surface area contributed by atoms with Gasteiger partial charge < -0.3 is 14.4 Å². The van der Waals surface area contributed by atoms with Gasteiger partial charge in [0.15, 0.2) is 11.7 Å². The maximum atomic E-state index is 13.0. The van der Waals surface area contributed by atoms with E-state index < -0.39 is 0 Å². The highest BCUT2D eigenvalue weighted by Crippen LogP contribution is 2.33. The van der Waals surface area contributed by atoms with Crippen LogP contribution in [-0.2, 0) is 4.79 Å². The van der Waals surface area contributed by atoms with Gasteiger partial charge in [-0.3, -0.25) is 9.69 Å². The number of halogens is 2. The van der Waals surface area contributed by atoms with Crippen LogP contribution >= 0.6 is 35.3 Å². The Morgan fingerprint density at radius 3 is 2.35 bits per heavy atom. The summed E-state index contributed by atoms with van der Waals surface area (Å²) in [5, 5.41) is 1.22. The van der Waals surface area contributed by atoms with Gasteiger partial charge in [-0.05, 0) is 70.4 Å². The van der Waals surface area contributed by atoms with E-state index in [1.807, 2.05) is 45.3 Å². The van der Waals surface area contributed by atoms with E-state index in [-0.39, 0.29) is 24.9 Å². The number of thiazole rings is 1. The van der Waals surface area contributed by atoms with Crippen molar-refractivity contribution >= 4 is 56.6 Å². The Balaban J connectivity index is 0.00000341. The molecule has 0 saturated carbocycles. The highest BCUT2D eigenvalue weighted by atomic mass is 35.5. The van der Waals surface area contributed by atoms with Crippen LogP contribution in [0.3, 0.4) is 0 Å². The standard InChI is InChI=1S/C22H26ClN3O3S.ClH/c1-4-28-16-9-11-17(12-10-16)29-15-20(27)26(14-6-13-25(2)3)22-24-21-18(23)7-5-8-19(21)30-22;/h5,7-12H,4,6,13-15H2,1-3H3;1H. The molecule has 1 aromatic heterocycles. The van der Waals surface area contributed by atoms with E-state index in [9.17, 15) is 4.79 Å². The van der Waals surface area contributed by atoms with Gasteiger partial charge in [0.25, 0.3) is 5.91 Å². The largest absolute Gasteiger partial charge is 0.494 e. The molecule has 0 N–H and O–H groups in total. The van der Waals surface area contributed by atoms with Crippen molar-refractivity contribution in [3.63, 3.8) is 0 Å². The van der Waals surface area contributed by atoms with Crippen LogP contribution in [0.1, 0.15) is 13.3 Å². The van der Waals surface area contributed by atoms with Gasteiger partial charge in [0.2, 0.25) is 0 Å². The number of anilines is 1. The zero-order chi connectivity index (χ0) is 21.5. The Hall–Kier alpha value is -2.06. The number of carbonyl (C=O) groups excluding carboxylic acids is 1. The third-order valence-corrected chi connectivity index (χ3v) is 5.72. The van der Waals surface area contributed by atoms with Crippen molar-refractivity contribution < 1.29 is 14.3 Å². The molecule has 0 saturated heterocycles. The van der Waals surface area contributed by atoms with Gasteiger partial charge in [-0.1, -0.05) is 29.0 Å². The van der Waals surface area contributed by atoms with Crippen molar-refractivity contribution in [2.75, 3.05) is 45.3 Å². The molecular weight excluding hydrogens is 457 g/mol. The molecule has 0 unspecified atom stereocenters. The summed E-state index contributed by atoms with van der Waals surface area (Å²) in [5.74, 6) is 1.25. The molecule has 168 valence electrons. The van der Waals surface area contributed by atoms with Crippen LogP contribution in [0.25, 0.3) is 10.2 Å². The van der Waals surface area contributed by atoms with Gasteiger partial charge in [-0.25, -0.2) is 4.98 Å². The van der Waals surface area contributed by atoms with E-state index in [2.05, 4.69) is 9.88 Å². The Morgan fingerprint density at radius 2 is 1.74 bits per heavy atom. The molecule has 0 atom stereocenters. The van der Waals surface area contributed by atoms with E-state index in [1.165, 1.54) is 11.3 Å². The number of amides is 1. The predicted molar refractivity (Wildman–Crippen MR) is 131 cm³/mol. The summed E-state index contributed by atoms with van der Waals surface area (Å²) in [6, 6.07) is 12.9. The highest BCUT2D eigenvalue weighted by Gasteiger charge is 2.21. The zero-order valence-corrected chi connectivity index (χ0v) is 20.2. The van der Waals surface area contributed by atoms with Crippen LogP contribution in [0.15, 0.2) is 42.5 Å². The van der Waals surface area contributed by atoms with E-state index >= 15 is 0 Å². The van der Waals surface area contributed by atoms with Crippen molar-refractivity contribution in [2.24, 2.45) is 0 Å². The predicted octanol–water partition coefficient (Wildman–Crippen LogP) is 5.13. The minimum atomic E-state index is -0.141. The number of carbonyl (C=O) groups is 1. The molecule has 0 bridgehead atoms. The topological polar surface area (TPSA) is 54.9 Å². The van der Waals surface area contributed by atoms with Gasteiger partial charge in [0.05, 0.1) is 16.3 Å². The first-order valence-corrected chi connectivity index (χ1v) is 11.0. The number of hydrogen-bond donors (Lipinski definition) is 0. The highest BCUT2D eigenvalue weighted by molar-refractivity contribution is 7.22. The zero-order valence-electron chi connectivity index (χ0n) is 17.8.